The minimum atomic E-state index is -0.722. The normalized spacial score (nSPS) is 18.7. The Morgan fingerprint density at radius 3 is 2.52 bits per heavy atom. The Morgan fingerprint density at radius 1 is 1.08 bits per heavy atom. The molecule has 1 fully saturated rings. The monoisotopic (exact) mass is 692 g/mol. The van der Waals surface area contributed by atoms with Gasteiger partial charge >= 0.3 is 5.69 Å². The third kappa shape index (κ3) is 6.24. The van der Waals surface area contributed by atoms with Gasteiger partial charge in [-0.25, -0.2) is 9.78 Å². The van der Waals surface area contributed by atoms with Crippen molar-refractivity contribution in [3.8, 4) is 28.3 Å². The van der Waals surface area contributed by atoms with E-state index in [4.69, 9.17) is 37.7 Å². The molecular weight excluding hydrogens is 659 g/mol. The zero-order valence-corrected chi connectivity index (χ0v) is 28.2. The van der Waals surface area contributed by atoms with E-state index in [1.54, 1.807) is 25.3 Å². The standard InChI is InChI=1S/C34H34Cl2N6O6/c1-17-11-18-12-25(40-32(47-4)27(18)30(17)37-13-19-15-48-16-26(43)38-19)22-9-5-7-20(28(22)35)21-8-6-10-24(29(21)36)39-31(44)23-14-41(2)34(46)42(3)33(23)45/h5-10,12,14,17,19,30,37H,11,13,15-16H2,1-4H3,(H,38,43)(H,39,44). The first kappa shape index (κ1) is 33.4. The Morgan fingerprint density at radius 2 is 1.79 bits per heavy atom. The number of rotatable bonds is 8. The number of nitrogens with zero attached hydrogens (tertiary/aromatic N) is 3. The maximum absolute atomic E-state index is 13.1. The van der Waals surface area contributed by atoms with Gasteiger partial charge in [0.05, 0.1) is 41.2 Å². The number of aromatic nitrogens is 3. The van der Waals surface area contributed by atoms with Crippen molar-refractivity contribution in [1.29, 1.82) is 0 Å². The van der Waals surface area contributed by atoms with Gasteiger partial charge in [-0.1, -0.05) is 60.5 Å². The highest BCUT2D eigenvalue weighted by molar-refractivity contribution is 6.39. The Hall–Kier alpha value is -4.49. The summed E-state index contributed by atoms with van der Waals surface area (Å²) in [4.78, 5) is 54.5. The van der Waals surface area contributed by atoms with E-state index in [0.717, 1.165) is 26.7 Å². The number of benzene rings is 2. The number of methoxy groups -OCH3 is 1. The van der Waals surface area contributed by atoms with Crippen molar-refractivity contribution in [2.24, 2.45) is 20.0 Å². The molecule has 2 aromatic carbocycles. The van der Waals surface area contributed by atoms with Crippen molar-refractivity contribution in [3.05, 3.63) is 96.2 Å². The zero-order chi connectivity index (χ0) is 34.3. The number of pyridine rings is 1. The molecule has 0 saturated carbocycles. The molecule has 1 aliphatic heterocycles. The maximum Gasteiger partial charge on any atom is 0.330 e. The topological polar surface area (TPSA) is 146 Å². The van der Waals surface area contributed by atoms with Crippen molar-refractivity contribution in [2.75, 3.05) is 32.2 Å². The van der Waals surface area contributed by atoms with Crippen molar-refractivity contribution in [2.45, 2.75) is 25.4 Å². The summed E-state index contributed by atoms with van der Waals surface area (Å²) in [5.74, 6) is -0.104. The lowest BCUT2D eigenvalue weighted by atomic mass is 9.99. The molecule has 6 rings (SSSR count). The lowest BCUT2D eigenvalue weighted by molar-refractivity contribution is -0.131. The van der Waals surface area contributed by atoms with Crippen LogP contribution in [0.1, 0.15) is 34.5 Å². The van der Waals surface area contributed by atoms with E-state index in [1.165, 1.54) is 20.3 Å². The molecule has 12 nitrogen and oxygen atoms in total. The van der Waals surface area contributed by atoms with Crippen LogP contribution < -0.4 is 31.9 Å². The van der Waals surface area contributed by atoms with Crippen LogP contribution in [0.5, 0.6) is 5.88 Å². The molecule has 2 aromatic heterocycles. The van der Waals surface area contributed by atoms with Crippen LogP contribution >= 0.6 is 23.2 Å². The van der Waals surface area contributed by atoms with Gasteiger partial charge in [0.15, 0.2) is 0 Å². The second kappa shape index (κ2) is 13.6. The van der Waals surface area contributed by atoms with E-state index in [9.17, 15) is 19.2 Å². The van der Waals surface area contributed by atoms with Gasteiger partial charge in [-0.15, -0.1) is 0 Å². The van der Waals surface area contributed by atoms with Crippen molar-refractivity contribution < 1.29 is 19.1 Å². The number of nitrogens with one attached hydrogen (secondary N) is 3. The number of aryl methyl sites for hydroxylation is 1. The molecule has 3 heterocycles. The van der Waals surface area contributed by atoms with E-state index < -0.39 is 17.2 Å². The average molecular weight is 694 g/mol. The third-order valence-corrected chi connectivity index (χ3v) is 9.54. The van der Waals surface area contributed by atoms with Crippen LogP contribution in [-0.4, -0.2) is 58.8 Å². The number of halogens is 2. The fourth-order valence-corrected chi connectivity index (χ4v) is 6.94. The first-order chi connectivity index (χ1) is 23.0. The van der Waals surface area contributed by atoms with Gasteiger partial charge < -0.3 is 30.0 Å². The quantitative estimate of drug-likeness (QED) is 0.253. The van der Waals surface area contributed by atoms with E-state index in [0.29, 0.717) is 46.4 Å². The highest BCUT2D eigenvalue weighted by Crippen LogP contribution is 2.45. The Kier molecular flexibility index (Phi) is 9.44. The molecule has 14 heteroatoms. The van der Waals surface area contributed by atoms with E-state index >= 15 is 0 Å². The molecule has 1 saturated heterocycles. The summed E-state index contributed by atoms with van der Waals surface area (Å²) in [5.41, 5.74) is 3.31. The predicted molar refractivity (Wildman–Crippen MR) is 183 cm³/mol. The zero-order valence-electron chi connectivity index (χ0n) is 26.7. The lowest BCUT2D eigenvalue weighted by Gasteiger charge is -2.27. The van der Waals surface area contributed by atoms with Crippen molar-refractivity contribution in [1.82, 2.24) is 24.8 Å². The molecule has 3 N–H and O–H groups in total. The van der Waals surface area contributed by atoms with Crippen LogP contribution in [0.2, 0.25) is 10.0 Å². The molecule has 0 bridgehead atoms. The second-order valence-electron chi connectivity index (χ2n) is 12.0. The molecule has 3 unspecified atom stereocenters. The van der Waals surface area contributed by atoms with E-state index in [1.807, 2.05) is 24.3 Å². The van der Waals surface area contributed by atoms with Gasteiger partial charge in [-0.05, 0) is 30.0 Å². The minimum Gasteiger partial charge on any atom is -0.481 e. The van der Waals surface area contributed by atoms with Gasteiger partial charge in [-0.3, -0.25) is 19.0 Å². The van der Waals surface area contributed by atoms with Crippen LogP contribution in [0.3, 0.4) is 0 Å². The molecular formula is C34H34Cl2N6O6. The first-order valence-corrected chi connectivity index (χ1v) is 16.1. The fraction of sp³-hybridized carbons (Fsp3) is 0.324. The lowest BCUT2D eigenvalue weighted by Crippen LogP contribution is -2.51. The molecule has 250 valence electrons. The number of hydrogen-bond donors (Lipinski definition) is 3. The molecule has 4 aromatic rings. The van der Waals surface area contributed by atoms with Gasteiger partial charge in [-0.2, -0.15) is 0 Å². The summed E-state index contributed by atoms with van der Waals surface area (Å²) in [6.07, 6.45) is 1.98. The number of carbonyl (C=O) groups is 2. The van der Waals surface area contributed by atoms with Crippen LogP contribution in [0.25, 0.3) is 22.4 Å². The van der Waals surface area contributed by atoms with Crippen LogP contribution in [0.4, 0.5) is 5.69 Å². The van der Waals surface area contributed by atoms with Crippen LogP contribution in [-0.2, 0) is 30.0 Å². The number of anilines is 1. The van der Waals surface area contributed by atoms with Crippen molar-refractivity contribution in [3.63, 3.8) is 0 Å². The molecule has 3 atom stereocenters. The number of amides is 2. The Bertz CT molecular complexity index is 2060. The summed E-state index contributed by atoms with van der Waals surface area (Å²) in [5, 5.41) is 9.85. The maximum atomic E-state index is 13.1. The van der Waals surface area contributed by atoms with Crippen LogP contribution in [0.15, 0.2) is 58.3 Å². The Labute approximate surface area is 286 Å². The number of morpholine rings is 1. The molecule has 2 amide bonds. The van der Waals surface area contributed by atoms with Gasteiger partial charge in [0.2, 0.25) is 11.8 Å². The van der Waals surface area contributed by atoms with Gasteiger partial charge in [0.1, 0.15) is 12.2 Å². The smallest absolute Gasteiger partial charge is 0.330 e. The molecule has 1 aliphatic carbocycles. The summed E-state index contributed by atoms with van der Waals surface area (Å²) < 4.78 is 13.2. The fourth-order valence-electron chi connectivity index (χ4n) is 6.34. The summed E-state index contributed by atoms with van der Waals surface area (Å²) in [6, 6.07) is 12.5. The number of hydrogen-bond acceptors (Lipinski definition) is 8. The van der Waals surface area contributed by atoms with E-state index in [-0.39, 0.29) is 46.8 Å². The molecule has 48 heavy (non-hydrogen) atoms. The highest BCUT2D eigenvalue weighted by atomic mass is 35.5. The largest absolute Gasteiger partial charge is 0.481 e. The third-order valence-electron chi connectivity index (χ3n) is 8.73. The SMILES string of the molecule is COc1nc(-c2cccc(-c3cccc(NC(=O)c4cn(C)c(=O)n(C)c4=O)c3Cl)c2Cl)cc2c1C(NCC1COCC(=O)N1)C(C)C2. The Balaban J connectivity index is 1.30. The summed E-state index contributed by atoms with van der Waals surface area (Å²) in [7, 11) is 4.35. The molecule has 2 aliphatic rings. The number of ether oxygens (including phenoxy) is 2. The number of fused-ring (bicyclic) bond motifs is 1. The number of carbonyl (C=O) groups excluding carboxylic acids is 2. The highest BCUT2D eigenvalue weighted by Gasteiger charge is 2.35. The van der Waals surface area contributed by atoms with Crippen molar-refractivity contribution >= 4 is 40.7 Å². The van der Waals surface area contributed by atoms with Crippen LogP contribution in [0, 0.1) is 5.92 Å². The minimum absolute atomic E-state index is 0.0326. The summed E-state index contributed by atoms with van der Waals surface area (Å²) in [6.45, 7) is 3.23. The molecule has 0 spiro atoms. The first-order valence-electron chi connectivity index (χ1n) is 15.3. The predicted octanol–water partition coefficient (Wildman–Crippen LogP) is 3.72. The summed E-state index contributed by atoms with van der Waals surface area (Å²) >= 11 is 13.9. The van der Waals surface area contributed by atoms with Gasteiger partial charge in [0, 0.05) is 55.1 Å². The van der Waals surface area contributed by atoms with Gasteiger partial charge in [0.25, 0.3) is 11.5 Å². The average Bonchev–Trinajstić information content (AvgIpc) is 3.39. The second-order valence-corrected chi connectivity index (χ2v) is 12.8. The van der Waals surface area contributed by atoms with E-state index in [2.05, 4.69) is 22.9 Å². The molecule has 0 radical (unpaired) electrons.